The number of hydroxylamine groups is 2. The smallest absolute Gasteiger partial charge is 0.327 e. The number of esters is 1. The van der Waals surface area contributed by atoms with Gasteiger partial charge in [0.25, 0.3) is 0 Å². The maximum absolute atomic E-state index is 14.3. The first-order valence-electron chi connectivity index (χ1n) is 15.5. The van der Waals surface area contributed by atoms with E-state index in [9.17, 15) is 19.5 Å². The van der Waals surface area contributed by atoms with E-state index in [0.717, 1.165) is 30.4 Å². The van der Waals surface area contributed by atoms with Crippen molar-refractivity contribution in [2.45, 2.75) is 94.0 Å². The number of benzene rings is 1. The third kappa shape index (κ3) is 5.14. The molecule has 238 valence electrons. The Morgan fingerprint density at radius 1 is 1.16 bits per heavy atom. The molecule has 4 N–H and O–H groups in total. The minimum atomic E-state index is -1.48. The monoisotopic (exact) mass is 613 g/mol. The van der Waals surface area contributed by atoms with E-state index in [4.69, 9.17) is 28.9 Å². The number of nitrogens with one attached hydrogen (secondary N) is 2. The Bertz CT molecular complexity index is 1320. The normalized spacial score (nSPS) is 38.4. The van der Waals surface area contributed by atoms with Gasteiger partial charge in [-0.15, -0.1) is 0 Å². The van der Waals surface area contributed by atoms with E-state index in [1.165, 1.54) is 12.0 Å². The molecular weight excluding hydrogens is 574 g/mol. The average Bonchev–Trinajstić information content (AvgIpc) is 3.44. The number of carbonyl (C=O) groups excluding carboxylic acids is 3. The Balaban J connectivity index is 1.18. The van der Waals surface area contributed by atoms with Gasteiger partial charge in [0.1, 0.15) is 42.7 Å². The van der Waals surface area contributed by atoms with Gasteiger partial charge in [-0.3, -0.25) is 19.2 Å². The van der Waals surface area contributed by atoms with Gasteiger partial charge in [0.2, 0.25) is 11.8 Å². The molecule has 11 unspecified atom stereocenters. The number of allylic oxidation sites excluding steroid dienone is 1. The SMILES string of the molecule is CC(O)C(NC(=O)C12CC3OC(=O)C1N(Cc1ccccc1C=CC1CCC4OC4C1)OC2C1OCOC31)C(=O)NCCO. The largest absolute Gasteiger partial charge is 0.458 e. The third-order valence-corrected chi connectivity index (χ3v) is 9.93. The lowest BCUT2D eigenvalue weighted by Gasteiger charge is -2.49. The van der Waals surface area contributed by atoms with E-state index >= 15 is 0 Å². The van der Waals surface area contributed by atoms with Crippen LogP contribution in [0, 0.1) is 11.3 Å². The van der Waals surface area contributed by atoms with Crippen molar-refractivity contribution in [1.29, 1.82) is 0 Å². The van der Waals surface area contributed by atoms with Crippen LogP contribution in [0.25, 0.3) is 6.08 Å². The van der Waals surface area contributed by atoms with Crippen molar-refractivity contribution in [2.24, 2.45) is 11.3 Å². The van der Waals surface area contributed by atoms with E-state index < -0.39 is 65.8 Å². The molecule has 13 heteroatoms. The zero-order chi connectivity index (χ0) is 30.6. The summed E-state index contributed by atoms with van der Waals surface area (Å²) in [6.07, 6.45) is 4.20. The molecule has 0 spiro atoms. The third-order valence-electron chi connectivity index (χ3n) is 9.93. The van der Waals surface area contributed by atoms with Gasteiger partial charge in [-0.05, 0) is 43.2 Å². The number of epoxide rings is 1. The Morgan fingerprint density at radius 3 is 2.77 bits per heavy atom. The Kier molecular flexibility index (Phi) is 7.98. The second-order valence-corrected chi connectivity index (χ2v) is 12.7. The summed E-state index contributed by atoms with van der Waals surface area (Å²) in [6, 6.07) is 5.38. The summed E-state index contributed by atoms with van der Waals surface area (Å²) in [4.78, 5) is 47.3. The summed E-state index contributed by atoms with van der Waals surface area (Å²) in [5.74, 6) is -1.47. The number of carbonyl (C=O) groups is 3. The van der Waals surface area contributed by atoms with Crippen LogP contribution in [0.5, 0.6) is 0 Å². The van der Waals surface area contributed by atoms with Gasteiger partial charge in [0.15, 0.2) is 6.04 Å². The van der Waals surface area contributed by atoms with Gasteiger partial charge in [-0.1, -0.05) is 36.4 Å². The molecule has 44 heavy (non-hydrogen) atoms. The van der Waals surface area contributed by atoms with Crippen LogP contribution in [0.3, 0.4) is 0 Å². The average molecular weight is 614 g/mol. The lowest BCUT2D eigenvalue weighted by atomic mass is 9.62. The molecular formula is C31H39N3O10. The zero-order valence-electron chi connectivity index (χ0n) is 24.5. The van der Waals surface area contributed by atoms with E-state index in [-0.39, 0.29) is 32.9 Å². The minimum absolute atomic E-state index is 0.0348. The van der Waals surface area contributed by atoms with Crippen LogP contribution in [-0.4, -0.2) is 108 Å². The van der Waals surface area contributed by atoms with Crippen molar-refractivity contribution in [1.82, 2.24) is 15.7 Å². The van der Waals surface area contributed by atoms with Gasteiger partial charge in [0.05, 0.1) is 31.5 Å². The first-order chi connectivity index (χ1) is 21.3. The molecule has 4 heterocycles. The number of amides is 2. The molecule has 2 bridgehead atoms. The molecule has 2 aliphatic carbocycles. The molecule has 1 aromatic carbocycles. The Labute approximate surface area is 254 Å². The van der Waals surface area contributed by atoms with Crippen molar-refractivity contribution < 1.29 is 48.4 Å². The van der Waals surface area contributed by atoms with Crippen LogP contribution < -0.4 is 10.6 Å². The molecule has 6 fully saturated rings. The van der Waals surface area contributed by atoms with Crippen LogP contribution in [0.15, 0.2) is 30.3 Å². The van der Waals surface area contributed by atoms with Crippen LogP contribution in [-0.2, 0) is 44.7 Å². The van der Waals surface area contributed by atoms with Gasteiger partial charge in [-0.25, -0.2) is 0 Å². The molecule has 0 aromatic heterocycles. The fourth-order valence-electron chi connectivity index (χ4n) is 7.66. The lowest BCUT2D eigenvalue weighted by Crippen LogP contribution is -2.71. The number of nitrogens with zero attached hydrogens (tertiary/aromatic N) is 1. The van der Waals surface area contributed by atoms with Crippen molar-refractivity contribution in [3.63, 3.8) is 0 Å². The summed E-state index contributed by atoms with van der Waals surface area (Å²) in [5, 5.41) is 26.2. The lowest BCUT2D eigenvalue weighted by molar-refractivity contribution is -0.201. The van der Waals surface area contributed by atoms with E-state index in [2.05, 4.69) is 22.8 Å². The number of hydrogen-bond donors (Lipinski definition) is 4. The molecule has 2 saturated carbocycles. The fourth-order valence-corrected chi connectivity index (χ4v) is 7.66. The summed E-state index contributed by atoms with van der Waals surface area (Å²) in [6.45, 7) is 1.19. The Hall–Kier alpha value is -2.91. The van der Waals surface area contributed by atoms with E-state index in [0.29, 0.717) is 18.1 Å². The standard InChI is InChI=1S/C31H39N3O10/c1-16(36)23(28(37)32-10-11-35)33-30(39)31-13-22-24-25(41-15-40-24)27(31)44-34(26(31)29(38)43-22)14-19-5-3-2-4-18(19)8-6-17-7-9-20-21(12-17)42-20/h2-6,8,16-17,20-27,35-36H,7,9-15H2,1H3,(H,32,37)(H,33,39). The Morgan fingerprint density at radius 2 is 1.98 bits per heavy atom. The molecule has 4 aliphatic heterocycles. The minimum Gasteiger partial charge on any atom is -0.458 e. The molecule has 13 nitrogen and oxygen atoms in total. The highest BCUT2D eigenvalue weighted by molar-refractivity contribution is 5.96. The highest BCUT2D eigenvalue weighted by Gasteiger charge is 2.74. The summed E-state index contributed by atoms with van der Waals surface area (Å²) >= 11 is 0. The predicted octanol–water partition coefficient (Wildman–Crippen LogP) is -0.217. The highest BCUT2D eigenvalue weighted by Crippen LogP contribution is 2.55. The molecule has 6 aliphatic rings. The van der Waals surface area contributed by atoms with Gasteiger partial charge < -0.3 is 39.8 Å². The summed E-state index contributed by atoms with van der Waals surface area (Å²) < 4.78 is 23.2. The molecule has 11 atom stereocenters. The zero-order valence-corrected chi connectivity index (χ0v) is 24.5. The molecule has 7 rings (SSSR count). The maximum atomic E-state index is 14.3. The van der Waals surface area contributed by atoms with Gasteiger partial charge in [-0.2, -0.15) is 5.06 Å². The number of rotatable bonds is 10. The molecule has 2 amide bonds. The summed E-state index contributed by atoms with van der Waals surface area (Å²) in [5.41, 5.74) is 0.389. The maximum Gasteiger partial charge on any atom is 0.327 e. The van der Waals surface area contributed by atoms with Crippen LogP contribution >= 0.6 is 0 Å². The quantitative estimate of drug-likeness (QED) is 0.203. The molecule has 1 aromatic rings. The van der Waals surface area contributed by atoms with Crippen molar-refractivity contribution in [3.05, 3.63) is 41.5 Å². The van der Waals surface area contributed by atoms with Crippen LogP contribution in [0.1, 0.15) is 43.7 Å². The number of aliphatic hydroxyl groups excluding tert-OH is 2. The fraction of sp³-hybridized carbons (Fsp3) is 0.645. The van der Waals surface area contributed by atoms with Crippen molar-refractivity contribution in [2.75, 3.05) is 19.9 Å². The van der Waals surface area contributed by atoms with Gasteiger partial charge >= 0.3 is 5.97 Å². The molecule has 0 radical (unpaired) electrons. The summed E-state index contributed by atoms with van der Waals surface area (Å²) in [7, 11) is 0. The van der Waals surface area contributed by atoms with Crippen LogP contribution in [0.4, 0.5) is 0 Å². The first-order valence-corrected chi connectivity index (χ1v) is 15.5. The van der Waals surface area contributed by atoms with E-state index in [1.54, 1.807) is 0 Å². The number of fused-ring (bicyclic) bond motifs is 5. The van der Waals surface area contributed by atoms with Crippen molar-refractivity contribution in [3.8, 4) is 0 Å². The second kappa shape index (κ2) is 11.8. The molecule has 4 saturated heterocycles. The second-order valence-electron chi connectivity index (χ2n) is 12.7. The van der Waals surface area contributed by atoms with E-state index in [1.807, 2.05) is 24.3 Å². The van der Waals surface area contributed by atoms with Crippen LogP contribution in [0.2, 0.25) is 0 Å². The predicted molar refractivity (Wildman–Crippen MR) is 151 cm³/mol. The van der Waals surface area contributed by atoms with Gasteiger partial charge in [0, 0.05) is 13.0 Å². The number of hydrogen-bond acceptors (Lipinski definition) is 11. The highest BCUT2D eigenvalue weighted by atomic mass is 16.8. The first kappa shape index (κ1) is 29.8. The number of ether oxygens (including phenoxy) is 4. The topological polar surface area (TPSA) is 168 Å². The van der Waals surface area contributed by atoms with Crippen molar-refractivity contribution >= 4 is 23.9 Å². The number of aliphatic hydroxyl groups is 2.